The molecule has 0 saturated heterocycles. The quantitative estimate of drug-likeness (QED) is 0.566. The van der Waals surface area contributed by atoms with Gasteiger partial charge in [-0.2, -0.15) is 0 Å². The van der Waals surface area contributed by atoms with Gasteiger partial charge in [0.15, 0.2) is 0 Å². The van der Waals surface area contributed by atoms with Crippen LogP contribution in [0.15, 0.2) is 30.3 Å². The SMILES string of the molecule is O=CC1C=Cc2ccccc2C1(Cl)Br. The molecular weight excluding hydrogens is 263 g/mol. The minimum atomic E-state index is -0.792. The fraction of sp³-hybridized carbons (Fsp3) is 0.182. The number of rotatable bonds is 1. The van der Waals surface area contributed by atoms with E-state index < -0.39 is 3.78 Å². The van der Waals surface area contributed by atoms with Gasteiger partial charge in [-0.1, -0.05) is 52.3 Å². The van der Waals surface area contributed by atoms with Crippen LogP contribution in [0.2, 0.25) is 0 Å². The van der Waals surface area contributed by atoms with Crippen molar-refractivity contribution in [2.45, 2.75) is 3.78 Å². The van der Waals surface area contributed by atoms with Crippen LogP contribution in [0.3, 0.4) is 0 Å². The molecule has 0 heterocycles. The zero-order valence-electron chi connectivity index (χ0n) is 7.28. The van der Waals surface area contributed by atoms with Crippen LogP contribution in [0.25, 0.3) is 6.08 Å². The van der Waals surface area contributed by atoms with E-state index in [1.54, 1.807) is 0 Å². The fourth-order valence-electron chi connectivity index (χ4n) is 1.58. The Morgan fingerprint density at radius 2 is 2.14 bits per heavy atom. The van der Waals surface area contributed by atoms with Gasteiger partial charge in [-0.3, -0.25) is 0 Å². The molecule has 0 aliphatic heterocycles. The van der Waals surface area contributed by atoms with Gasteiger partial charge in [0.25, 0.3) is 0 Å². The molecule has 0 N–H and O–H groups in total. The molecule has 1 aliphatic rings. The first-order valence-corrected chi connectivity index (χ1v) is 5.44. The summed E-state index contributed by atoms with van der Waals surface area (Å²) in [4.78, 5) is 10.8. The standard InChI is InChI=1S/C11H8BrClO/c12-11(13)9(7-14)6-5-8-3-1-2-4-10(8)11/h1-7,9H. The Labute approximate surface area is 95.9 Å². The minimum Gasteiger partial charge on any atom is -0.303 e. The van der Waals surface area contributed by atoms with Crippen molar-refractivity contribution in [2.24, 2.45) is 5.92 Å². The molecule has 14 heavy (non-hydrogen) atoms. The second kappa shape index (κ2) is 3.52. The first-order valence-electron chi connectivity index (χ1n) is 4.27. The lowest BCUT2D eigenvalue weighted by Crippen LogP contribution is -2.25. The molecule has 2 rings (SSSR count). The Kier molecular flexibility index (Phi) is 2.50. The molecule has 0 radical (unpaired) electrons. The van der Waals surface area contributed by atoms with Crippen molar-refractivity contribution >= 4 is 39.9 Å². The summed E-state index contributed by atoms with van der Waals surface area (Å²) in [6.07, 6.45) is 4.60. The van der Waals surface area contributed by atoms with Gasteiger partial charge >= 0.3 is 0 Å². The van der Waals surface area contributed by atoms with E-state index in [4.69, 9.17) is 11.6 Å². The molecule has 0 bridgehead atoms. The summed E-state index contributed by atoms with van der Waals surface area (Å²) in [6.45, 7) is 0. The van der Waals surface area contributed by atoms with E-state index in [1.165, 1.54) is 0 Å². The number of aldehydes is 1. The highest BCUT2D eigenvalue weighted by Gasteiger charge is 2.37. The average Bonchev–Trinajstić information content (AvgIpc) is 2.18. The van der Waals surface area contributed by atoms with Crippen LogP contribution < -0.4 is 0 Å². The van der Waals surface area contributed by atoms with Crippen LogP contribution >= 0.6 is 27.5 Å². The Morgan fingerprint density at radius 1 is 1.43 bits per heavy atom. The molecule has 1 nitrogen and oxygen atoms in total. The monoisotopic (exact) mass is 270 g/mol. The second-order valence-electron chi connectivity index (χ2n) is 3.23. The first-order chi connectivity index (χ1) is 6.66. The highest BCUT2D eigenvalue weighted by Crippen LogP contribution is 2.47. The Balaban J connectivity index is 2.59. The van der Waals surface area contributed by atoms with Crippen LogP contribution in [0.1, 0.15) is 11.1 Å². The normalized spacial score (nSPS) is 29.7. The Hall–Kier alpha value is -0.600. The third-order valence-electron chi connectivity index (χ3n) is 2.37. The Morgan fingerprint density at radius 3 is 2.86 bits per heavy atom. The van der Waals surface area contributed by atoms with Crippen LogP contribution in [0.4, 0.5) is 0 Å². The van der Waals surface area contributed by atoms with E-state index in [-0.39, 0.29) is 5.92 Å². The fourth-order valence-corrected chi connectivity index (χ4v) is 2.50. The van der Waals surface area contributed by atoms with Crippen LogP contribution in [0, 0.1) is 5.92 Å². The summed E-state index contributed by atoms with van der Waals surface area (Å²) < 4.78 is -0.792. The predicted molar refractivity (Wildman–Crippen MR) is 61.5 cm³/mol. The van der Waals surface area contributed by atoms with Gasteiger partial charge in [-0.15, -0.1) is 11.6 Å². The molecule has 0 spiro atoms. The molecule has 2 atom stereocenters. The number of benzene rings is 1. The predicted octanol–water partition coefficient (Wildman–Crippen LogP) is 3.32. The molecule has 0 amide bonds. The molecule has 0 aromatic heterocycles. The molecule has 0 saturated carbocycles. The smallest absolute Gasteiger partial charge is 0.137 e. The van der Waals surface area contributed by atoms with E-state index in [1.807, 2.05) is 36.4 Å². The van der Waals surface area contributed by atoms with Gasteiger partial charge in [0.2, 0.25) is 0 Å². The average molecular weight is 272 g/mol. The lowest BCUT2D eigenvalue weighted by Gasteiger charge is -2.29. The van der Waals surface area contributed by atoms with Crippen molar-refractivity contribution in [3.05, 3.63) is 41.5 Å². The summed E-state index contributed by atoms with van der Waals surface area (Å²) in [5.41, 5.74) is 2.00. The minimum absolute atomic E-state index is 0.320. The van der Waals surface area contributed by atoms with Gasteiger partial charge in [-0.25, -0.2) is 0 Å². The summed E-state index contributed by atoms with van der Waals surface area (Å²) in [7, 11) is 0. The second-order valence-corrected chi connectivity index (χ2v) is 5.53. The third kappa shape index (κ3) is 1.43. The van der Waals surface area contributed by atoms with Gasteiger partial charge in [0, 0.05) is 0 Å². The zero-order valence-corrected chi connectivity index (χ0v) is 9.62. The number of hydrogen-bond donors (Lipinski definition) is 0. The van der Waals surface area contributed by atoms with E-state index in [9.17, 15) is 4.79 Å². The van der Waals surface area contributed by atoms with E-state index >= 15 is 0 Å². The van der Waals surface area contributed by atoms with Crippen molar-refractivity contribution in [1.82, 2.24) is 0 Å². The van der Waals surface area contributed by atoms with E-state index in [0.717, 1.165) is 17.4 Å². The van der Waals surface area contributed by atoms with Crippen LogP contribution in [-0.4, -0.2) is 6.29 Å². The molecule has 1 aromatic rings. The molecular formula is C11H8BrClO. The van der Waals surface area contributed by atoms with Crippen molar-refractivity contribution < 1.29 is 4.79 Å². The maximum Gasteiger partial charge on any atom is 0.137 e. The molecule has 2 unspecified atom stereocenters. The van der Waals surface area contributed by atoms with Gasteiger partial charge in [0.1, 0.15) is 10.1 Å². The van der Waals surface area contributed by atoms with Gasteiger partial charge in [0.05, 0.1) is 5.92 Å². The number of carbonyl (C=O) groups is 1. The highest BCUT2D eigenvalue weighted by atomic mass is 79.9. The van der Waals surface area contributed by atoms with Crippen molar-refractivity contribution in [3.8, 4) is 0 Å². The summed E-state index contributed by atoms with van der Waals surface area (Å²) in [6, 6.07) is 7.77. The number of alkyl halides is 2. The molecule has 72 valence electrons. The van der Waals surface area contributed by atoms with Crippen LogP contribution in [-0.2, 0) is 8.58 Å². The number of halogens is 2. The van der Waals surface area contributed by atoms with Gasteiger partial charge < -0.3 is 4.79 Å². The largest absolute Gasteiger partial charge is 0.303 e. The van der Waals surface area contributed by atoms with E-state index in [2.05, 4.69) is 15.9 Å². The maximum absolute atomic E-state index is 10.8. The number of hydrogen-bond acceptors (Lipinski definition) is 1. The Bertz CT molecular complexity index is 398. The molecule has 0 fully saturated rings. The molecule has 1 aliphatic carbocycles. The highest BCUT2D eigenvalue weighted by molar-refractivity contribution is 9.10. The number of allylic oxidation sites excluding steroid dienone is 1. The van der Waals surface area contributed by atoms with Crippen LogP contribution in [0.5, 0.6) is 0 Å². The maximum atomic E-state index is 10.8. The number of carbonyl (C=O) groups excluding carboxylic acids is 1. The van der Waals surface area contributed by atoms with Crippen molar-refractivity contribution in [2.75, 3.05) is 0 Å². The topological polar surface area (TPSA) is 17.1 Å². The van der Waals surface area contributed by atoms with E-state index in [0.29, 0.717) is 0 Å². The first kappa shape index (κ1) is 9.94. The van der Waals surface area contributed by atoms with Gasteiger partial charge in [-0.05, 0) is 11.1 Å². The number of fused-ring (bicyclic) bond motifs is 1. The zero-order chi connectivity index (χ0) is 10.2. The lowest BCUT2D eigenvalue weighted by atomic mass is 9.90. The summed E-state index contributed by atoms with van der Waals surface area (Å²) >= 11 is 9.70. The lowest BCUT2D eigenvalue weighted by molar-refractivity contribution is -0.110. The van der Waals surface area contributed by atoms with Crippen molar-refractivity contribution in [1.29, 1.82) is 0 Å². The molecule has 3 heteroatoms. The summed E-state index contributed by atoms with van der Waals surface area (Å²) in [5, 5.41) is 0. The molecule has 1 aromatic carbocycles. The van der Waals surface area contributed by atoms with Crippen molar-refractivity contribution in [3.63, 3.8) is 0 Å². The third-order valence-corrected chi connectivity index (χ3v) is 3.78. The summed E-state index contributed by atoms with van der Waals surface area (Å²) in [5.74, 6) is -0.320.